The molecule has 10 N–H and O–H groups in total. The first-order chi connectivity index (χ1) is 64.8. The molecule has 0 radical (unpaired) electrons. The number of aliphatic hydroxyl groups is 1. The van der Waals surface area contributed by atoms with Crippen molar-refractivity contribution in [3.05, 3.63) is 179 Å². The second-order valence-corrected chi connectivity index (χ2v) is 40.5. The van der Waals surface area contributed by atoms with Crippen LogP contribution in [-0.2, 0) is 36.8 Å². The SMILES string of the molecule is Cn1c(=O)n(C2CCC(=O)NC2=O)c2ccc([C@H]3CC[C@@H](N4CCC(c5cnc(N6C7CCC6CN(c6cc(-c8cccc(-c9cccc(-c%10cc(N%11CC%12CCC(C%11)N%12c%11ncc(C%12CCN([C@H]%13CC[C@@H](C(=O)N[C@H](C(=O)N%14C[C@H](O)C[C@H]%14C%14=NO[C@@](C)(c%15ccc(-c%16ccccc%16F)cc%15)N%14)C(C)(C)C)CC%13)CC%12)cn%11)c(N)nn%10)c9O)c8O)nnc6N)C7)nc5)CC4)CC3)cc21. The minimum absolute atomic E-state index is 0.0818. The fourth-order valence-corrected chi connectivity index (χ4v) is 24.0. The number of benzene rings is 5. The van der Waals surface area contributed by atoms with E-state index in [1.54, 1.807) is 63.5 Å². The van der Waals surface area contributed by atoms with Crippen LogP contribution in [-0.4, -0.2) is 222 Å². The van der Waals surface area contributed by atoms with Gasteiger partial charge in [-0.25, -0.2) is 29.1 Å². The van der Waals surface area contributed by atoms with Crippen LogP contribution in [0.25, 0.3) is 55.8 Å². The van der Waals surface area contributed by atoms with E-state index in [4.69, 9.17) is 36.2 Å². The van der Waals surface area contributed by atoms with Crippen molar-refractivity contribution < 1.29 is 43.7 Å². The predicted octanol–water partition coefficient (Wildman–Crippen LogP) is 11.5. The zero-order valence-corrected chi connectivity index (χ0v) is 76.5. The summed E-state index contributed by atoms with van der Waals surface area (Å²) in [6.07, 6.45) is 23.6. The van der Waals surface area contributed by atoms with Crippen molar-refractivity contribution in [3.8, 4) is 56.3 Å². The van der Waals surface area contributed by atoms with Crippen molar-refractivity contribution in [3.63, 3.8) is 0 Å². The first-order valence-electron chi connectivity index (χ1n) is 48.1. The number of nitrogens with two attached hydrogens (primary N) is 2. The monoisotopic (exact) mass is 1820 g/mol. The number of aryl methyl sites for hydroxylation is 1. The molecule has 0 spiro atoms. The summed E-state index contributed by atoms with van der Waals surface area (Å²) in [5.41, 5.74) is 22.4. The molecule has 698 valence electrons. The number of halogens is 1. The van der Waals surface area contributed by atoms with Crippen molar-refractivity contribution in [2.75, 3.05) is 90.0 Å². The average molecular weight is 1820 g/mol. The molecule has 33 heteroatoms. The zero-order valence-electron chi connectivity index (χ0n) is 76.5. The number of oxime groups is 1. The van der Waals surface area contributed by atoms with Gasteiger partial charge in [-0.3, -0.25) is 33.6 Å². The number of amides is 4. The summed E-state index contributed by atoms with van der Waals surface area (Å²) in [7, 11) is 1.76. The highest BCUT2D eigenvalue weighted by Crippen LogP contribution is 2.49. The molecular weight excluding hydrogens is 1700 g/mol. The molecular formula is C101H118FN23O9. The van der Waals surface area contributed by atoms with E-state index in [9.17, 15) is 43.7 Å². The molecule has 4 amide bonds. The van der Waals surface area contributed by atoms with Crippen molar-refractivity contribution in [2.45, 2.75) is 234 Å². The topological polar surface area (TPSA) is 391 Å². The standard InChI is InChI=1S/C101H118FN23O9/c1-100(2,3)90(96(132)122-56-72(126)45-86(122)93-111-101(4,134-116-93)65-23-16-60(17-24-65)73-10-6-7-15-78(73)102)110-94(130)61-20-27-67(28-21-61)119-42-38-59(39-43-119)64-50-107-98(108-51-64)124-70-31-32-71(124)55-121(54-70)85-47-80(113-115-92(85)104)77-14-9-12-75(89(77)129)74-11-8-13-76(88(74)128)79-46-84(91(103)114-112-79)120-52-68-29-30-69(53-120)123(68)97-105-48-63(49-106-97)58-36-40-118(41-37-58)66-25-18-57(19-26-66)62-22-33-81-83(44-62)117(5)99(133)125(81)82-34-35-87(127)109-95(82)131/h6-17,22-24,33,44,46-51,57-59,61,66-72,82,86,90,126,128-129H,18-21,25-32,34-43,45,52-56H2,1-5H3,(H2,103,114)(H2,104,115)(H,110,130)(H,111,116)(H,109,127,131)/t57-,61-,66+,67+,68?,69?,70?,71?,72-,82?,86+,90-,101+/m1/s1. The number of phenolic OH excluding ortho intramolecular Hbond substituents is 2. The number of nitrogens with zero attached hydrogens (tertiary/aromatic N) is 18. The number of fused-ring (bicyclic) bond motifs is 5. The Bertz CT molecular complexity index is 6210. The number of phenols is 2. The van der Waals surface area contributed by atoms with Crippen molar-refractivity contribution in [2.24, 2.45) is 23.5 Å². The first kappa shape index (κ1) is 87.9. The quantitative estimate of drug-likeness (QED) is 0.0349. The Balaban J connectivity index is 0.402. The molecule has 10 fully saturated rings. The number of imidazole rings is 1. The molecule has 4 bridgehead atoms. The highest BCUT2D eigenvalue weighted by molar-refractivity contribution is 6.00. The van der Waals surface area contributed by atoms with Crippen molar-refractivity contribution in [1.29, 1.82) is 0 Å². The van der Waals surface area contributed by atoms with Crippen LogP contribution in [0.2, 0.25) is 0 Å². The van der Waals surface area contributed by atoms with Crippen molar-refractivity contribution >= 4 is 75.4 Å². The third-order valence-corrected chi connectivity index (χ3v) is 31.4. The molecule has 2 aliphatic carbocycles. The molecule has 32 nitrogen and oxygen atoms in total. The van der Waals surface area contributed by atoms with Gasteiger partial charge in [0.25, 0.3) is 0 Å². The molecule has 10 aromatic rings. The number of likely N-dealkylation sites (tertiary alicyclic amines) is 3. The van der Waals surface area contributed by atoms with E-state index in [0.717, 1.165) is 174 Å². The maximum atomic E-state index is 14.8. The number of nitrogen functional groups attached to an aromatic ring is 2. The minimum atomic E-state index is -1.08. The second-order valence-electron chi connectivity index (χ2n) is 40.5. The molecule has 9 aliphatic heterocycles. The highest BCUT2D eigenvalue weighted by Gasteiger charge is 2.50. The fourth-order valence-electron chi connectivity index (χ4n) is 24.0. The number of hydrogen-bond donors (Lipinski definition) is 8. The summed E-state index contributed by atoms with van der Waals surface area (Å²) in [6.45, 7) is 14.3. The maximum Gasteiger partial charge on any atom is 0.329 e. The van der Waals surface area contributed by atoms with E-state index in [2.05, 4.69) is 83.0 Å². The largest absolute Gasteiger partial charge is 0.507 e. The number of hydrogen-bond acceptors (Lipinski definition) is 27. The van der Waals surface area contributed by atoms with E-state index >= 15 is 0 Å². The lowest BCUT2D eigenvalue weighted by Gasteiger charge is -2.42. The number of anilines is 6. The second kappa shape index (κ2) is 35.6. The van der Waals surface area contributed by atoms with Crippen LogP contribution in [0.5, 0.6) is 11.5 Å². The number of aromatic nitrogens is 10. The Morgan fingerprint density at radius 2 is 1.04 bits per heavy atom. The van der Waals surface area contributed by atoms with Crippen LogP contribution < -0.4 is 52.7 Å². The van der Waals surface area contributed by atoms with Crippen LogP contribution >= 0.6 is 0 Å². The van der Waals surface area contributed by atoms with Gasteiger partial charge in [-0.15, -0.1) is 20.4 Å². The van der Waals surface area contributed by atoms with Gasteiger partial charge in [0, 0.05) is 160 Å². The normalized spacial score (nSPS) is 26.3. The number of piperidine rings is 3. The molecule has 9 atom stereocenters. The Kier molecular flexibility index (Phi) is 23.3. The number of imide groups is 1. The van der Waals surface area contributed by atoms with Gasteiger partial charge in [0.05, 0.1) is 45.9 Å². The van der Waals surface area contributed by atoms with Crippen LogP contribution in [0, 0.1) is 17.2 Å². The van der Waals surface area contributed by atoms with Gasteiger partial charge in [0.1, 0.15) is 29.4 Å². The molecule has 21 rings (SSSR count). The lowest BCUT2D eigenvalue weighted by molar-refractivity contribution is -0.141. The number of carbonyl (C=O) groups is 4. The molecule has 5 aromatic carbocycles. The summed E-state index contributed by atoms with van der Waals surface area (Å²) in [4.78, 5) is 110. The average Bonchev–Trinajstić information content (AvgIpc) is 1.71. The molecule has 14 heterocycles. The predicted molar refractivity (Wildman–Crippen MR) is 508 cm³/mol. The van der Waals surface area contributed by atoms with E-state index in [0.29, 0.717) is 113 Å². The fraction of sp³-hybridized carbons (Fsp3) is 0.485. The lowest BCUT2D eigenvalue weighted by atomic mass is 9.80. The van der Waals surface area contributed by atoms with E-state index < -0.39 is 41.3 Å². The van der Waals surface area contributed by atoms with Gasteiger partial charge >= 0.3 is 5.69 Å². The molecule has 2 saturated carbocycles. The third kappa shape index (κ3) is 16.6. The lowest BCUT2D eigenvalue weighted by Crippen LogP contribution is -2.59. The number of β-amino-alcohol motifs (C(OH)–C–C–N with tert-alkyl or cyclic N) is 1. The van der Waals surface area contributed by atoms with Gasteiger partial charge in [0.2, 0.25) is 41.3 Å². The maximum absolute atomic E-state index is 14.8. The van der Waals surface area contributed by atoms with E-state index in [-0.39, 0.29) is 102 Å². The van der Waals surface area contributed by atoms with Crippen LogP contribution in [0.1, 0.15) is 196 Å². The van der Waals surface area contributed by atoms with Gasteiger partial charge in [-0.05, 0) is 223 Å². The van der Waals surface area contributed by atoms with E-state index in [1.807, 2.05) is 107 Å². The number of aromatic hydroxyl groups is 2. The smallest absolute Gasteiger partial charge is 0.329 e. The van der Waals surface area contributed by atoms with Gasteiger partial charge in [-0.1, -0.05) is 98.7 Å². The Morgan fingerprint density at radius 1 is 0.552 bits per heavy atom. The zero-order chi connectivity index (χ0) is 92.3. The minimum Gasteiger partial charge on any atom is -0.507 e. The Morgan fingerprint density at radius 3 is 1.56 bits per heavy atom. The third-order valence-electron chi connectivity index (χ3n) is 31.4. The number of aliphatic hydroxyl groups excluding tert-OH is 1. The highest BCUT2D eigenvalue weighted by atomic mass is 19.1. The molecule has 5 aromatic heterocycles. The summed E-state index contributed by atoms with van der Waals surface area (Å²) in [6, 6.07) is 34.0. The van der Waals surface area contributed by atoms with Crippen LogP contribution in [0.4, 0.5) is 39.3 Å². The Labute approximate surface area is 777 Å². The number of carbonyl (C=O) groups excluding carboxylic acids is 4. The Hall–Kier alpha value is -12.8. The number of rotatable bonds is 19. The molecule has 5 unspecified atom stereocenters. The van der Waals surface area contributed by atoms with Gasteiger partial charge in [0.15, 0.2) is 17.5 Å². The van der Waals surface area contributed by atoms with Crippen molar-refractivity contribution in [1.82, 2.24) is 80.1 Å². The number of amidine groups is 1. The summed E-state index contributed by atoms with van der Waals surface area (Å²) in [5.74, 6) is 1.69. The van der Waals surface area contributed by atoms with Crippen LogP contribution in [0.3, 0.4) is 0 Å². The van der Waals surface area contributed by atoms with Gasteiger partial charge in [-0.2, -0.15) is 0 Å². The number of nitrogens with one attached hydrogen (secondary N) is 3. The molecule has 11 aliphatic rings. The number of para-hydroxylation sites is 2. The molecule has 134 heavy (non-hydrogen) atoms. The summed E-state index contributed by atoms with van der Waals surface area (Å²) >= 11 is 0. The van der Waals surface area contributed by atoms with E-state index in [1.165, 1.54) is 17.2 Å². The first-order valence-corrected chi connectivity index (χ1v) is 48.1. The summed E-state index contributed by atoms with van der Waals surface area (Å²) < 4.78 is 17.8. The number of piperazine rings is 2. The van der Waals surface area contributed by atoms with Gasteiger partial charge < -0.3 is 76.6 Å². The summed E-state index contributed by atoms with van der Waals surface area (Å²) in [5, 5.41) is 67.2. The molecule has 8 saturated heterocycles. The van der Waals surface area contributed by atoms with Crippen LogP contribution in [0.15, 0.2) is 150 Å².